The Balaban J connectivity index is 2.17. The van der Waals surface area contributed by atoms with E-state index in [4.69, 9.17) is 4.74 Å². The molecule has 4 nitrogen and oxygen atoms in total. The van der Waals surface area contributed by atoms with E-state index in [0.29, 0.717) is 6.04 Å². The summed E-state index contributed by atoms with van der Waals surface area (Å²) in [5.41, 5.74) is 3.17. The van der Waals surface area contributed by atoms with Gasteiger partial charge in [0.15, 0.2) is 0 Å². The van der Waals surface area contributed by atoms with Gasteiger partial charge in [-0.1, -0.05) is 13.0 Å². The molecular formula is C15H21N3O. The van der Waals surface area contributed by atoms with Gasteiger partial charge in [-0.3, -0.25) is 9.97 Å². The van der Waals surface area contributed by atoms with Crippen molar-refractivity contribution in [1.82, 2.24) is 15.3 Å². The van der Waals surface area contributed by atoms with E-state index in [1.54, 1.807) is 19.5 Å². The Morgan fingerprint density at radius 1 is 1.21 bits per heavy atom. The van der Waals surface area contributed by atoms with Crippen LogP contribution in [0.15, 0.2) is 30.6 Å². The number of fused-ring (bicyclic) bond motifs is 1. The summed E-state index contributed by atoms with van der Waals surface area (Å²) in [6.45, 7) is 3.88. The van der Waals surface area contributed by atoms with Crippen LogP contribution >= 0.6 is 0 Å². The lowest BCUT2D eigenvalue weighted by Crippen LogP contribution is -2.21. The van der Waals surface area contributed by atoms with Crippen LogP contribution < -0.4 is 5.32 Å². The van der Waals surface area contributed by atoms with Crippen molar-refractivity contribution in [2.45, 2.75) is 25.8 Å². The van der Waals surface area contributed by atoms with Crippen molar-refractivity contribution in [3.05, 3.63) is 36.2 Å². The first-order valence-electron chi connectivity index (χ1n) is 6.78. The van der Waals surface area contributed by atoms with E-state index in [1.807, 2.05) is 6.07 Å². The molecule has 1 atom stereocenters. The molecule has 0 saturated carbocycles. The number of hydrogen-bond acceptors (Lipinski definition) is 4. The number of rotatable bonds is 7. The predicted molar refractivity (Wildman–Crippen MR) is 77.1 cm³/mol. The van der Waals surface area contributed by atoms with Gasteiger partial charge < -0.3 is 10.1 Å². The van der Waals surface area contributed by atoms with Crippen molar-refractivity contribution in [2.24, 2.45) is 0 Å². The second-order valence-electron chi connectivity index (χ2n) is 4.55. The fraction of sp³-hybridized carbons (Fsp3) is 0.467. The molecule has 2 aromatic rings. The highest BCUT2D eigenvalue weighted by atomic mass is 16.5. The molecule has 0 bridgehead atoms. The number of hydrogen-bond donors (Lipinski definition) is 1. The van der Waals surface area contributed by atoms with Crippen LogP contribution in [0, 0.1) is 0 Å². The van der Waals surface area contributed by atoms with Crippen LogP contribution in [-0.2, 0) is 4.74 Å². The number of nitrogens with one attached hydrogen (secondary N) is 1. The monoisotopic (exact) mass is 259 g/mol. The van der Waals surface area contributed by atoms with Crippen LogP contribution in [-0.4, -0.2) is 30.2 Å². The normalized spacial score (nSPS) is 12.7. The quantitative estimate of drug-likeness (QED) is 0.777. The molecule has 0 saturated heterocycles. The topological polar surface area (TPSA) is 47.0 Å². The van der Waals surface area contributed by atoms with Gasteiger partial charge in [0.2, 0.25) is 0 Å². The molecule has 1 N–H and O–H groups in total. The highest BCUT2D eigenvalue weighted by molar-refractivity contribution is 5.74. The molecule has 1 unspecified atom stereocenters. The maximum atomic E-state index is 5.13. The first-order chi connectivity index (χ1) is 9.35. The summed E-state index contributed by atoms with van der Waals surface area (Å²) in [6, 6.07) is 6.66. The molecule has 4 heteroatoms. The highest BCUT2D eigenvalue weighted by Crippen LogP contribution is 2.21. The van der Waals surface area contributed by atoms with Crippen LogP contribution in [0.5, 0.6) is 0 Å². The summed E-state index contributed by atoms with van der Waals surface area (Å²) in [5.74, 6) is 0. The highest BCUT2D eigenvalue weighted by Gasteiger charge is 2.10. The average Bonchev–Trinajstić information content (AvgIpc) is 2.46. The first kappa shape index (κ1) is 13.9. The van der Waals surface area contributed by atoms with E-state index in [2.05, 4.69) is 34.3 Å². The molecule has 0 spiro atoms. The molecule has 0 aliphatic carbocycles. The van der Waals surface area contributed by atoms with Gasteiger partial charge in [-0.05, 0) is 37.1 Å². The zero-order valence-electron chi connectivity index (χ0n) is 11.6. The van der Waals surface area contributed by atoms with Crippen LogP contribution in [0.1, 0.15) is 31.4 Å². The molecular weight excluding hydrogens is 238 g/mol. The zero-order valence-corrected chi connectivity index (χ0v) is 11.6. The number of methoxy groups -OCH3 is 1. The minimum absolute atomic E-state index is 0.353. The van der Waals surface area contributed by atoms with Gasteiger partial charge in [-0.25, -0.2) is 0 Å². The third kappa shape index (κ3) is 3.72. The van der Waals surface area contributed by atoms with E-state index in [1.165, 1.54) is 5.56 Å². The van der Waals surface area contributed by atoms with Gasteiger partial charge in [0.1, 0.15) is 0 Å². The smallest absolute Gasteiger partial charge is 0.0890 e. The fourth-order valence-electron chi connectivity index (χ4n) is 2.26. The Kier molecular flexibility index (Phi) is 5.24. The zero-order chi connectivity index (χ0) is 13.5. The van der Waals surface area contributed by atoms with Gasteiger partial charge in [0, 0.05) is 32.2 Å². The number of nitrogens with zero attached hydrogens (tertiary/aromatic N) is 2. The lowest BCUT2D eigenvalue weighted by Gasteiger charge is -2.18. The van der Waals surface area contributed by atoms with Gasteiger partial charge >= 0.3 is 0 Å². The predicted octanol–water partition coefficient (Wildman–Crippen LogP) is 2.71. The van der Waals surface area contributed by atoms with Gasteiger partial charge in [-0.15, -0.1) is 0 Å². The van der Waals surface area contributed by atoms with Crippen molar-refractivity contribution in [3.8, 4) is 0 Å². The first-order valence-corrected chi connectivity index (χ1v) is 6.78. The van der Waals surface area contributed by atoms with Gasteiger partial charge in [-0.2, -0.15) is 0 Å². The van der Waals surface area contributed by atoms with Crippen molar-refractivity contribution in [2.75, 3.05) is 20.3 Å². The maximum absolute atomic E-state index is 5.13. The average molecular weight is 259 g/mol. The molecule has 0 aliphatic rings. The van der Waals surface area contributed by atoms with Crippen molar-refractivity contribution in [3.63, 3.8) is 0 Å². The summed E-state index contributed by atoms with van der Waals surface area (Å²) in [6.07, 6.45) is 5.57. The summed E-state index contributed by atoms with van der Waals surface area (Å²) in [4.78, 5) is 8.67. The number of aromatic nitrogens is 2. The van der Waals surface area contributed by atoms with E-state index < -0.39 is 0 Å². The summed E-state index contributed by atoms with van der Waals surface area (Å²) in [7, 11) is 1.74. The molecule has 2 rings (SSSR count). The summed E-state index contributed by atoms with van der Waals surface area (Å²) < 4.78 is 5.13. The Morgan fingerprint density at radius 2 is 2.00 bits per heavy atom. The molecule has 1 heterocycles. The van der Waals surface area contributed by atoms with Crippen LogP contribution in [0.25, 0.3) is 11.0 Å². The van der Waals surface area contributed by atoms with Gasteiger partial charge in [0.25, 0.3) is 0 Å². The SMILES string of the molecule is CCNC(CCCOC)c1ccc2nccnc2c1. The molecule has 0 fully saturated rings. The van der Waals surface area contributed by atoms with E-state index in [9.17, 15) is 0 Å². The fourth-order valence-corrected chi connectivity index (χ4v) is 2.26. The van der Waals surface area contributed by atoms with Crippen molar-refractivity contribution >= 4 is 11.0 Å². The summed E-state index contributed by atoms with van der Waals surface area (Å²) >= 11 is 0. The standard InChI is InChI=1S/C15H21N3O/c1-3-16-13(5-4-10-19-2)12-6-7-14-15(11-12)18-9-8-17-14/h6-9,11,13,16H,3-5,10H2,1-2H3. The molecule has 0 radical (unpaired) electrons. The lowest BCUT2D eigenvalue weighted by atomic mass is 10.0. The Hall–Kier alpha value is -1.52. The maximum Gasteiger partial charge on any atom is 0.0890 e. The van der Waals surface area contributed by atoms with Crippen molar-refractivity contribution < 1.29 is 4.74 Å². The number of benzene rings is 1. The minimum atomic E-state index is 0.353. The molecule has 0 amide bonds. The minimum Gasteiger partial charge on any atom is -0.385 e. The Labute approximate surface area is 114 Å². The molecule has 19 heavy (non-hydrogen) atoms. The molecule has 102 valence electrons. The van der Waals surface area contributed by atoms with Crippen LogP contribution in [0.3, 0.4) is 0 Å². The third-order valence-corrected chi connectivity index (χ3v) is 3.19. The van der Waals surface area contributed by atoms with Gasteiger partial charge in [0.05, 0.1) is 11.0 Å². The van der Waals surface area contributed by atoms with E-state index in [-0.39, 0.29) is 0 Å². The lowest BCUT2D eigenvalue weighted by molar-refractivity contribution is 0.189. The third-order valence-electron chi connectivity index (χ3n) is 3.19. The summed E-state index contributed by atoms with van der Waals surface area (Å²) in [5, 5.41) is 3.52. The largest absolute Gasteiger partial charge is 0.385 e. The van der Waals surface area contributed by atoms with Crippen LogP contribution in [0.4, 0.5) is 0 Å². The molecule has 0 aliphatic heterocycles. The van der Waals surface area contributed by atoms with E-state index >= 15 is 0 Å². The van der Waals surface area contributed by atoms with Crippen molar-refractivity contribution in [1.29, 1.82) is 0 Å². The second-order valence-corrected chi connectivity index (χ2v) is 4.55. The van der Waals surface area contributed by atoms with E-state index in [0.717, 1.165) is 37.0 Å². The number of ether oxygens (including phenoxy) is 1. The molecule has 1 aromatic heterocycles. The second kappa shape index (κ2) is 7.16. The molecule has 1 aromatic carbocycles. The Morgan fingerprint density at radius 3 is 2.74 bits per heavy atom. The Bertz CT molecular complexity index is 515. The van der Waals surface area contributed by atoms with Crippen LogP contribution in [0.2, 0.25) is 0 Å².